The maximum atomic E-state index is 12.0. The standard InChI is InChI=1S/C16H21NO3S/c1-3-14-12(2)10-15(21-14)16(18)17-7-5-8-19-11-13-6-4-9-20-13/h4,6,9-10H,3,5,7-8,11H2,1-2H3,(H,17,18). The summed E-state index contributed by atoms with van der Waals surface area (Å²) < 4.78 is 10.6. The van der Waals surface area contributed by atoms with Crippen molar-refractivity contribution in [3.8, 4) is 0 Å². The van der Waals surface area contributed by atoms with E-state index in [4.69, 9.17) is 9.15 Å². The smallest absolute Gasteiger partial charge is 0.261 e. The second-order valence-electron chi connectivity index (χ2n) is 4.81. The van der Waals surface area contributed by atoms with Gasteiger partial charge < -0.3 is 14.5 Å². The fraction of sp³-hybridized carbons (Fsp3) is 0.438. The normalized spacial score (nSPS) is 10.8. The van der Waals surface area contributed by atoms with E-state index in [1.54, 1.807) is 17.6 Å². The average molecular weight is 307 g/mol. The molecule has 5 heteroatoms. The second-order valence-corrected chi connectivity index (χ2v) is 5.95. The van der Waals surface area contributed by atoms with E-state index in [1.807, 2.05) is 18.2 Å². The highest BCUT2D eigenvalue weighted by molar-refractivity contribution is 7.14. The SMILES string of the molecule is CCc1sc(C(=O)NCCCOCc2ccco2)cc1C. The van der Waals surface area contributed by atoms with E-state index in [9.17, 15) is 4.79 Å². The van der Waals surface area contributed by atoms with Gasteiger partial charge in [0.05, 0.1) is 11.1 Å². The molecule has 2 aromatic heterocycles. The lowest BCUT2D eigenvalue weighted by Gasteiger charge is -2.04. The minimum absolute atomic E-state index is 0.00818. The van der Waals surface area contributed by atoms with Crippen LogP contribution in [0.3, 0.4) is 0 Å². The first-order chi connectivity index (χ1) is 10.2. The van der Waals surface area contributed by atoms with Gasteiger partial charge in [0.25, 0.3) is 5.91 Å². The molecule has 2 rings (SSSR count). The van der Waals surface area contributed by atoms with Crippen molar-refractivity contribution in [2.45, 2.75) is 33.3 Å². The minimum Gasteiger partial charge on any atom is -0.467 e. The molecule has 0 radical (unpaired) electrons. The van der Waals surface area contributed by atoms with E-state index in [0.29, 0.717) is 19.8 Å². The van der Waals surface area contributed by atoms with Gasteiger partial charge in [-0.2, -0.15) is 0 Å². The molecule has 0 fully saturated rings. The molecule has 2 aromatic rings. The summed E-state index contributed by atoms with van der Waals surface area (Å²) in [5.74, 6) is 0.828. The van der Waals surface area contributed by atoms with E-state index in [-0.39, 0.29) is 5.91 Å². The zero-order valence-electron chi connectivity index (χ0n) is 12.5. The average Bonchev–Trinajstić information content (AvgIpc) is 3.11. The van der Waals surface area contributed by atoms with Crippen molar-refractivity contribution in [3.63, 3.8) is 0 Å². The first kappa shape index (κ1) is 15.8. The van der Waals surface area contributed by atoms with Gasteiger partial charge in [0, 0.05) is 18.0 Å². The summed E-state index contributed by atoms with van der Waals surface area (Å²) in [7, 11) is 0. The quantitative estimate of drug-likeness (QED) is 0.759. The van der Waals surface area contributed by atoms with Gasteiger partial charge >= 0.3 is 0 Å². The van der Waals surface area contributed by atoms with Crippen molar-refractivity contribution in [2.24, 2.45) is 0 Å². The van der Waals surface area contributed by atoms with Crippen LogP contribution in [0.25, 0.3) is 0 Å². The molecule has 4 nitrogen and oxygen atoms in total. The highest BCUT2D eigenvalue weighted by Crippen LogP contribution is 2.22. The fourth-order valence-corrected chi connectivity index (χ4v) is 3.04. The molecule has 0 aliphatic rings. The Morgan fingerprint density at radius 3 is 3.00 bits per heavy atom. The Kier molecular flexibility index (Phi) is 6.02. The maximum absolute atomic E-state index is 12.0. The van der Waals surface area contributed by atoms with Gasteiger partial charge in [-0.15, -0.1) is 11.3 Å². The number of hydrogen-bond acceptors (Lipinski definition) is 4. The molecule has 0 atom stereocenters. The number of ether oxygens (including phenoxy) is 1. The van der Waals surface area contributed by atoms with Crippen molar-refractivity contribution in [1.82, 2.24) is 5.32 Å². The molecule has 0 aliphatic carbocycles. The van der Waals surface area contributed by atoms with Gasteiger partial charge in [-0.1, -0.05) is 6.92 Å². The van der Waals surface area contributed by atoms with Crippen molar-refractivity contribution in [1.29, 1.82) is 0 Å². The largest absolute Gasteiger partial charge is 0.467 e. The van der Waals surface area contributed by atoms with Gasteiger partial charge in [-0.3, -0.25) is 4.79 Å². The molecular formula is C16H21NO3S. The van der Waals surface area contributed by atoms with Crippen LogP contribution in [0, 0.1) is 6.92 Å². The van der Waals surface area contributed by atoms with Crippen molar-refractivity contribution in [2.75, 3.05) is 13.2 Å². The third-order valence-corrected chi connectivity index (χ3v) is 4.52. The Hall–Kier alpha value is -1.59. The molecule has 0 saturated carbocycles. The van der Waals surface area contributed by atoms with Gasteiger partial charge in [0.1, 0.15) is 12.4 Å². The number of amides is 1. The van der Waals surface area contributed by atoms with Crippen LogP contribution in [0.15, 0.2) is 28.9 Å². The Morgan fingerprint density at radius 1 is 1.48 bits per heavy atom. The number of aryl methyl sites for hydroxylation is 2. The number of carbonyl (C=O) groups excluding carboxylic acids is 1. The molecule has 1 N–H and O–H groups in total. The highest BCUT2D eigenvalue weighted by Gasteiger charge is 2.10. The summed E-state index contributed by atoms with van der Waals surface area (Å²) in [5.41, 5.74) is 1.20. The van der Waals surface area contributed by atoms with Gasteiger partial charge in [-0.25, -0.2) is 0 Å². The molecule has 1 amide bonds. The predicted molar refractivity (Wildman–Crippen MR) is 83.7 cm³/mol. The van der Waals surface area contributed by atoms with E-state index >= 15 is 0 Å². The lowest BCUT2D eigenvalue weighted by atomic mass is 10.2. The van der Waals surface area contributed by atoms with Crippen LogP contribution in [-0.2, 0) is 17.8 Å². The summed E-state index contributed by atoms with van der Waals surface area (Å²) in [6.07, 6.45) is 3.40. The molecule has 0 aromatic carbocycles. The third-order valence-electron chi connectivity index (χ3n) is 3.14. The first-order valence-corrected chi connectivity index (χ1v) is 8.00. The van der Waals surface area contributed by atoms with E-state index in [1.165, 1.54) is 10.4 Å². The molecule has 2 heterocycles. The Labute approximate surface area is 129 Å². The first-order valence-electron chi connectivity index (χ1n) is 7.18. The van der Waals surface area contributed by atoms with Crippen LogP contribution in [0.4, 0.5) is 0 Å². The zero-order chi connectivity index (χ0) is 15.1. The number of thiophene rings is 1. The fourth-order valence-electron chi connectivity index (χ4n) is 2.01. The molecule has 0 spiro atoms. The molecule has 0 bridgehead atoms. The molecule has 0 saturated heterocycles. The highest BCUT2D eigenvalue weighted by atomic mass is 32.1. The topological polar surface area (TPSA) is 51.5 Å². The zero-order valence-corrected chi connectivity index (χ0v) is 13.3. The van der Waals surface area contributed by atoms with Crippen molar-refractivity contribution in [3.05, 3.63) is 45.5 Å². The summed E-state index contributed by atoms with van der Waals surface area (Å²) in [6.45, 7) is 5.86. The summed E-state index contributed by atoms with van der Waals surface area (Å²) in [6, 6.07) is 5.69. The van der Waals surface area contributed by atoms with E-state index < -0.39 is 0 Å². The van der Waals surface area contributed by atoms with Gasteiger partial charge in [-0.05, 0) is 43.5 Å². The number of hydrogen-bond donors (Lipinski definition) is 1. The maximum Gasteiger partial charge on any atom is 0.261 e. The van der Waals surface area contributed by atoms with Crippen LogP contribution in [0.2, 0.25) is 0 Å². The van der Waals surface area contributed by atoms with Crippen molar-refractivity contribution >= 4 is 17.2 Å². The summed E-state index contributed by atoms with van der Waals surface area (Å²) >= 11 is 1.58. The lowest BCUT2D eigenvalue weighted by Crippen LogP contribution is -2.24. The second kappa shape index (κ2) is 8.00. The molecule has 0 unspecified atom stereocenters. The van der Waals surface area contributed by atoms with Gasteiger partial charge in [0.2, 0.25) is 0 Å². The summed E-state index contributed by atoms with van der Waals surface area (Å²) in [5, 5.41) is 2.93. The number of nitrogens with one attached hydrogen (secondary N) is 1. The van der Waals surface area contributed by atoms with Crippen LogP contribution >= 0.6 is 11.3 Å². The number of carbonyl (C=O) groups is 1. The third kappa shape index (κ3) is 4.72. The number of furan rings is 1. The monoisotopic (exact) mass is 307 g/mol. The molecule has 114 valence electrons. The Bertz CT molecular complexity index is 560. The van der Waals surface area contributed by atoms with Crippen LogP contribution in [-0.4, -0.2) is 19.1 Å². The van der Waals surface area contributed by atoms with Gasteiger partial charge in [0.15, 0.2) is 0 Å². The van der Waals surface area contributed by atoms with E-state index in [0.717, 1.165) is 23.5 Å². The molecular weight excluding hydrogens is 286 g/mol. The van der Waals surface area contributed by atoms with E-state index in [2.05, 4.69) is 19.2 Å². The number of rotatable bonds is 8. The predicted octanol–water partition coefficient (Wildman–Crippen LogP) is 3.55. The molecule has 21 heavy (non-hydrogen) atoms. The van der Waals surface area contributed by atoms with Crippen molar-refractivity contribution < 1.29 is 13.9 Å². The summed E-state index contributed by atoms with van der Waals surface area (Å²) in [4.78, 5) is 14.1. The molecule has 0 aliphatic heterocycles. The minimum atomic E-state index is 0.00818. The van der Waals surface area contributed by atoms with Crippen LogP contribution in [0.5, 0.6) is 0 Å². The Morgan fingerprint density at radius 2 is 2.33 bits per heavy atom. The van der Waals surface area contributed by atoms with Crippen LogP contribution < -0.4 is 5.32 Å². The lowest BCUT2D eigenvalue weighted by molar-refractivity contribution is 0.0920. The Balaban J connectivity index is 1.62. The van der Waals surface area contributed by atoms with Crippen LogP contribution in [0.1, 0.15) is 39.2 Å².